The average Bonchev–Trinajstić information content (AvgIpc) is 2.20. The Hall–Kier alpha value is -1.63. The molecular formula is C12H12F2N2. The van der Waals surface area contributed by atoms with Gasteiger partial charge in [-0.05, 0) is 38.3 Å². The van der Waals surface area contributed by atoms with Gasteiger partial charge in [0.25, 0.3) is 0 Å². The third-order valence-electron chi connectivity index (χ3n) is 3.06. The van der Waals surface area contributed by atoms with Crippen LogP contribution >= 0.6 is 0 Å². The molecule has 0 bridgehead atoms. The van der Waals surface area contributed by atoms with E-state index in [1.807, 2.05) is 6.92 Å². The number of anilines is 1. The van der Waals surface area contributed by atoms with Crippen molar-refractivity contribution >= 4 is 5.69 Å². The highest BCUT2D eigenvalue weighted by Crippen LogP contribution is 2.36. The number of nitrogens with zero attached hydrogens (tertiary/aromatic N) is 1. The first-order valence-electron chi connectivity index (χ1n) is 5.21. The maximum Gasteiger partial charge on any atom is 0.150 e. The lowest BCUT2D eigenvalue weighted by atomic mass is 9.78. The third-order valence-corrected chi connectivity index (χ3v) is 3.06. The summed E-state index contributed by atoms with van der Waals surface area (Å²) in [6.07, 6.45) is 2.89. The van der Waals surface area contributed by atoms with E-state index in [-0.39, 0.29) is 16.8 Å². The highest BCUT2D eigenvalue weighted by atomic mass is 19.1. The Morgan fingerprint density at radius 2 is 1.88 bits per heavy atom. The molecule has 2 rings (SSSR count). The van der Waals surface area contributed by atoms with E-state index >= 15 is 0 Å². The number of hydrogen-bond donors (Lipinski definition) is 1. The van der Waals surface area contributed by atoms with Crippen LogP contribution in [0.3, 0.4) is 0 Å². The number of hydrogen-bond acceptors (Lipinski definition) is 2. The van der Waals surface area contributed by atoms with E-state index in [0.29, 0.717) is 0 Å². The van der Waals surface area contributed by atoms with Crippen molar-refractivity contribution < 1.29 is 8.78 Å². The molecule has 0 saturated heterocycles. The van der Waals surface area contributed by atoms with Gasteiger partial charge in [-0.3, -0.25) is 0 Å². The minimum atomic E-state index is -0.704. The fourth-order valence-corrected chi connectivity index (χ4v) is 1.89. The van der Waals surface area contributed by atoms with Gasteiger partial charge in [-0.25, -0.2) is 8.78 Å². The van der Waals surface area contributed by atoms with E-state index in [1.165, 1.54) is 0 Å². The molecule has 0 unspecified atom stereocenters. The molecule has 1 aliphatic rings. The summed E-state index contributed by atoms with van der Waals surface area (Å²) in [6, 6.07) is 3.82. The summed E-state index contributed by atoms with van der Waals surface area (Å²) in [6.45, 7) is 1.94. The molecule has 1 aromatic carbocycles. The summed E-state index contributed by atoms with van der Waals surface area (Å²) in [5.74, 6) is -1.41. The molecule has 0 amide bonds. The maximum absolute atomic E-state index is 13.5. The van der Waals surface area contributed by atoms with Crippen LogP contribution in [0.4, 0.5) is 14.5 Å². The fraction of sp³-hybridized carbons (Fsp3) is 0.417. The molecule has 0 spiro atoms. The van der Waals surface area contributed by atoms with Crippen LogP contribution in [0.5, 0.6) is 0 Å². The van der Waals surface area contributed by atoms with Gasteiger partial charge in [0, 0.05) is 5.54 Å². The molecule has 0 aliphatic heterocycles. The maximum atomic E-state index is 13.5. The topological polar surface area (TPSA) is 35.8 Å². The molecule has 0 atom stereocenters. The van der Waals surface area contributed by atoms with Crippen molar-refractivity contribution in [2.45, 2.75) is 31.7 Å². The molecule has 84 valence electrons. The Balaban J connectivity index is 2.31. The lowest BCUT2D eigenvalue weighted by Gasteiger charge is -2.40. The minimum Gasteiger partial charge on any atom is -0.375 e. The summed E-state index contributed by atoms with van der Waals surface area (Å²) < 4.78 is 27.1. The van der Waals surface area contributed by atoms with Gasteiger partial charge < -0.3 is 5.32 Å². The first kappa shape index (κ1) is 10.9. The van der Waals surface area contributed by atoms with Gasteiger partial charge in [0.1, 0.15) is 5.69 Å². The van der Waals surface area contributed by atoms with Gasteiger partial charge in [-0.15, -0.1) is 0 Å². The highest BCUT2D eigenvalue weighted by Gasteiger charge is 2.33. The molecular weight excluding hydrogens is 210 g/mol. The van der Waals surface area contributed by atoms with E-state index in [4.69, 9.17) is 5.26 Å². The van der Waals surface area contributed by atoms with Gasteiger partial charge in [-0.2, -0.15) is 5.26 Å². The van der Waals surface area contributed by atoms with Crippen LogP contribution in [0.25, 0.3) is 0 Å². The largest absolute Gasteiger partial charge is 0.375 e. The molecule has 0 aromatic heterocycles. The molecule has 0 heterocycles. The number of rotatable bonds is 2. The Bertz CT molecular complexity index is 436. The van der Waals surface area contributed by atoms with Crippen molar-refractivity contribution in [2.24, 2.45) is 0 Å². The summed E-state index contributed by atoms with van der Waals surface area (Å²) in [7, 11) is 0. The first-order valence-corrected chi connectivity index (χ1v) is 5.21. The van der Waals surface area contributed by atoms with Crippen LogP contribution in [0.1, 0.15) is 31.7 Å². The SMILES string of the molecule is CC1(Nc2c(F)cc(C#N)cc2F)CCC1. The molecule has 16 heavy (non-hydrogen) atoms. The highest BCUT2D eigenvalue weighted by molar-refractivity contribution is 5.52. The Morgan fingerprint density at radius 1 is 1.31 bits per heavy atom. The molecule has 1 fully saturated rings. The normalized spacial score (nSPS) is 17.4. The summed E-state index contributed by atoms with van der Waals surface area (Å²) in [5.41, 5.74) is -0.337. The zero-order valence-corrected chi connectivity index (χ0v) is 8.98. The van der Waals surface area contributed by atoms with Crippen LogP contribution in [0.15, 0.2) is 12.1 Å². The van der Waals surface area contributed by atoms with Crippen LogP contribution in [0, 0.1) is 23.0 Å². The molecule has 4 heteroatoms. The second-order valence-electron chi connectivity index (χ2n) is 4.47. The van der Waals surface area contributed by atoms with E-state index in [1.54, 1.807) is 6.07 Å². The van der Waals surface area contributed by atoms with E-state index in [9.17, 15) is 8.78 Å². The van der Waals surface area contributed by atoms with E-state index < -0.39 is 11.6 Å². The molecule has 0 radical (unpaired) electrons. The van der Waals surface area contributed by atoms with Crippen LogP contribution in [-0.4, -0.2) is 5.54 Å². The monoisotopic (exact) mass is 222 g/mol. The van der Waals surface area contributed by atoms with E-state index in [2.05, 4.69) is 5.32 Å². The van der Waals surface area contributed by atoms with Crippen molar-refractivity contribution in [1.29, 1.82) is 5.26 Å². The van der Waals surface area contributed by atoms with Gasteiger partial charge >= 0.3 is 0 Å². The standard InChI is InChI=1S/C12H12F2N2/c1-12(3-2-4-12)16-11-9(13)5-8(7-15)6-10(11)14/h5-6,16H,2-4H2,1H3. The number of benzene rings is 1. The number of nitrogens with one attached hydrogen (secondary N) is 1. The molecule has 1 aromatic rings. The van der Waals surface area contributed by atoms with Crippen molar-refractivity contribution in [3.05, 3.63) is 29.3 Å². The van der Waals surface area contributed by atoms with Crippen molar-refractivity contribution in [3.63, 3.8) is 0 Å². The number of nitriles is 1. The predicted molar refractivity (Wildman–Crippen MR) is 57.0 cm³/mol. The Labute approximate surface area is 92.9 Å². The van der Waals surface area contributed by atoms with Gasteiger partial charge in [-0.1, -0.05) is 0 Å². The van der Waals surface area contributed by atoms with Crippen LogP contribution < -0.4 is 5.32 Å². The van der Waals surface area contributed by atoms with Gasteiger partial charge in [0.15, 0.2) is 11.6 Å². The zero-order chi connectivity index (χ0) is 11.8. The van der Waals surface area contributed by atoms with Crippen LogP contribution in [0.2, 0.25) is 0 Å². The number of halogens is 2. The predicted octanol–water partition coefficient (Wildman–Crippen LogP) is 3.19. The quantitative estimate of drug-likeness (QED) is 0.834. The fourth-order valence-electron chi connectivity index (χ4n) is 1.89. The second kappa shape index (κ2) is 3.75. The Kier molecular flexibility index (Phi) is 2.55. The first-order chi connectivity index (χ1) is 7.54. The summed E-state index contributed by atoms with van der Waals surface area (Å²) in [5, 5.41) is 11.4. The lowest BCUT2D eigenvalue weighted by Crippen LogP contribution is -2.42. The minimum absolute atomic E-state index is 0.000637. The van der Waals surface area contributed by atoms with Gasteiger partial charge in [0.2, 0.25) is 0 Å². The second-order valence-corrected chi connectivity index (χ2v) is 4.47. The van der Waals surface area contributed by atoms with Crippen molar-refractivity contribution in [3.8, 4) is 6.07 Å². The molecule has 2 nitrogen and oxygen atoms in total. The summed E-state index contributed by atoms with van der Waals surface area (Å²) >= 11 is 0. The smallest absolute Gasteiger partial charge is 0.150 e. The third kappa shape index (κ3) is 1.85. The van der Waals surface area contributed by atoms with Crippen LogP contribution in [-0.2, 0) is 0 Å². The molecule has 1 N–H and O–H groups in total. The Morgan fingerprint density at radius 3 is 2.25 bits per heavy atom. The van der Waals surface area contributed by atoms with Crippen molar-refractivity contribution in [2.75, 3.05) is 5.32 Å². The molecule has 1 saturated carbocycles. The zero-order valence-electron chi connectivity index (χ0n) is 8.98. The lowest BCUT2D eigenvalue weighted by molar-refractivity contribution is 0.304. The summed E-state index contributed by atoms with van der Waals surface area (Å²) in [4.78, 5) is 0. The van der Waals surface area contributed by atoms with Gasteiger partial charge in [0.05, 0.1) is 11.6 Å². The average molecular weight is 222 g/mol. The molecule has 1 aliphatic carbocycles. The van der Waals surface area contributed by atoms with Crippen molar-refractivity contribution in [1.82, 2.24) is 0 Å². The van der Waals surface area contributed by atoms with E-state index in [0.717, 1.165) is 31.4 Å².